The van der Waals surface area contributed by atoms with Crippen molar-refractivity contribution in [1.82, 2.24) is 30.5 Å². The van der Waals surface area contributed by atoms with Gasteiger partial charge in [-0.15, -0.1) is 8.78 Å². The van der Waals surface area contributed by atoms with Gasteiger partial charge in [-0.2, -0.15) is 10.2 Å². The van der Waals surface area contributed by atoms with E-state index in [1.807, 2.05) is 27.7 Å². The van der Waals surface area contributed by atoms with Crippen molar-refractivity contribution < 1.29 is 27.8 Å². The summed E-state index contributed by atoms with van der Waals surface area (Å²) >= 11 is 6.54. The van der Waals surface area contributed by atoms with Crippen molar-refractivity contribution in [2.75, 3.05) is 6.61 Å². The summed E-state index contributed by atoms with van der Waals surface area (Å²) in [5, 5.41) is 12.5. The topological polar surface area (TPSA) is 158 Å². The number of hydrogen-bond donors (Lipinski definition) is 4. The number of nitrogens with one attached hydrogen (secondary N) is 3. The van der Waals surface area contributed by atoms with E-state index in [-0.39, 0.29) is 23.5 Å². The van der Waals surface area contributed by atoms with Gasteiger partial charge in [-0.3, -0.25) is 14.8 Å². The van der Waals surface area contributed by atoms with Gasteiger partial charge in [-0.05, 0) is 60.4 Å². The van der Waals surface area contributed by atoms with Crippen LogP contribution in [-0.4, -0.2) is 55.3 Å². The van der Waals surface area contributed by atoms with Gasteiger partial charge in [-0.25, -0.2) is 14.8 Å². The van der Waals surface area contributed by atoms with Crippen LogP contribution in [0.4, 0.5) is 13.6 Å². The largest absolute Gasteiger partial charge is 0.472 e. The van der Waals surface area contributed by atoms with E-state index in [0.29, 0.717) is 49.8 Å². The minimum atomic E-state index is -2.71. The minimum Gasteiger partial charge on any atom is -0.447 e. The Balaban J connectivity index is 1.38. The van der Waals surface area contributed by atoms with Gasteiger partial charge in [-0.1, -0.05) is 67.4 Å². The second-order valence-corrected chi connectivity index (χ2v) is 14.1. The van der Waals surface area contributed by atoms with E-state index in [0.717, 1.165) is 12.8 Å². The molecule has 2 amide bonds. The summed E-state index contributed by atoms with van der Waals surface area (Å²) in [6.45, 7) is 4.99. The van der Waals surface area contributed by atoms with Crippen LogP contribution in [-0.2, 0) is 15.1 Å². The Kier molecular flexibility index (Phi) is 8.48. The van der Waals surface area contributed by atoms with Crippen molar-refractivity contribution in [3.05, 3.63) is 77.3 Å². The number of alkyl halides is 2. The predicted octanol–water partition coefficient (Wildman–Crippen LogP) is 5.61. The SMILES string of the molecule is CC(C)(C)C[C@]1(c2ccc(-c3c[nH][n+](C(F)F)c3)cc2)N=C(N)N([C@H](COC(=O)NC2(C)CC2)c2ccc(Cl)c(-c3ncn[nH]3)c2)C1=O. The van der Waals surface area contributed by atoms with Crippen LogP contribution in [0.2, 0.25) is 5.02 Å². The maximum atomic E-state index is 14.9. The lowest BCUT2D eigenvalue weighted by Crippen LogP contribution is -2.48. The first-order valence-electron chi connectivity index (χ1n) is 15.5. The third kappa shape index (κ3) is 6.61. The molecule has 5 N–H and O–H groups in total. The molecule has 1 saturated carbocycles. The van der Waals surface area contributed by atoms with E-state index >= 15 is 0 Å². The molecule has 15 heteroatoms. The number of ether oxygens (including phenoxy) is 1. The van der Waals surface area contributed by atoms with Gasteiger partial charge >= 0.3 is 12.6 Å². The zero-order valence-corrected chi connectivity index (χ0v) is 27.7. The average molecular weight is 681 g/mol. The monoisotopic (exact) mass is 680 g/mol. The number of hydrogen-bond acceptors (Lipinski definition) is 7. The molecule has 4 aromatic rings. The Morgan fingerprint density at radius 3 is 2.52 bits per heavy atom. The summed E-state index contributed by atoms with van der Waals surface area (Å²) in [6, 6.07) is 11.3. The Hall–Kier alpha value is -4.85. The van der Waals surface area contributed by atoms with Crippen LogP contribution in [0.3, 0.4) is 0 Å². The van der Waals surface area contributed by atoms with E-state index in [9.17, 15) is 18.4 Å². The van der Waals surface area contributed by atoms with Crippen LogP contribution in [0.25, 0.3) is 22.5 Å². The van der Waals surface area contributed by atoms with Crippen molar-refractivity contribution in [2.45, 2.75) is 70.6 Å². The number of rotatable bonds is 10. The second kappa shape index (κ2) is 12.3. The number of amides is 2. The molecule has 3 heterocycles. The highest BCUT2D eigenvalue weighted by Gasteiger charge is 2.53. The third-order valence-corrected chi connectivity index (χ3v) is 8.93. The molecule has 0 radical (unpaired) electrons. The quantitative estimate of drug-likeness (QED) is 0.159. The number of alkyl carbamates (subject to hydrolysis) is 1. The van der Waals surface area contributed by atoms with Crippen molar-refractivity contribution in [3.63, 3.8) is 0 Å². The van der Waals surface area contributed by atoms with E-state index < -0.39 is 30.1 Å². The molecule has 6 rings (SSSR count). The average Bonchev–Trinajstić information content (AvgIpc) is 3.42. The Morgan fingerprint density at radius 1 is 1.19 bits per heavy atom. The molecule has 2 aromatic heterocycles. The molecular weight excluding hydrogens is 644 g/mol. The van der Waals surface area contributed by atoms with Crippen LogP contribution in [0.5, 0.6) is 0 Å². The maximum Gasteiger partial charge on any atom is 0.472 e. The Morgan fingerprint density at radius 2 is 1.92 bits per heavy atom. The predicted molar refractivity (Wildman–Crippen MR) is 174 cm³/mol. The molecule has 2 aliphatic rings. The normalized spacial score (nSPS) is 19.4. The van der Waals surface area contributed by atoms with Crippen LogP contribution < -0.4 is 15.7 Å². The van der Waals surface area contributed by atoms with Crippen molar-refractivity contribution in [1.29, 1.82) is 0 Å². The Bertz CT molecular complexity index is 1850. The van der Waals surface area contributed by atoms with Crippen LogP contribution in [0, 0.1) is 5.41 Å². The maximum absolute atomic E-state index is 14.9. The van der Waals surface area contributed by atoms with E-state index in [4.69, 9.17) is 27.1 Å². The number of guanidine groups is 1. The molecule has 1 fully saturated rings. The minimum absolute atomic E-state index is 0.0451. The molecule has 12 nitrogen and oxygen atoms in total. The lowest BCUT2D eigenvalue weighted by molar-refractivity contribution is -0.818. The molecule has 1 aliphatic carbocycles. The molecule has 0 saturated heterocycles. The highest BCUT2D eigenvalue weighted by Crippen LogP contribution is 2.45. The zero-order chi connectivity index (χ0) is 34.4. The molecule has 252 valence electrons. The fourth-order valence-corrected chi connectivity index (χ4v) is 6.20. The summed E-state index contributed by atoms with van der Waals surface area (Å²) in [6.07, 6.45) is 5.52. The number of carbonyl (C=O) groups is 2. The number of nitrogens with zero attached hydrogens (tertiary/aromatic N) is 5. The molecule has 2 aromatic carbocycles. The molecule has 48 heavy (non-hydrogen) atoms. The first-order valence-corrected chi connectivity index (χ1v) is 15.8. The van der Waals surface area contributed by atoms with Crippen molar-refractivity contribution in [2.24, 2.45) is 16.1 Å². The summed E-state index contributed by atoms with van der Waals surface area (Å²) in [4.78, 5) is 38.2. The third-order valence-electron chi connectivity index (χ3n) is 8.60. The number of H-pyrrole nitrogens is 2. The molecule has 1 aliphatic heterocycles. The zero-order valence-electron chi connectivity index (χ0n) is 26.9. The smallest absolute Gasteiger partial charge is 0.447 e. The van der Waals surface area contributed by atoms with Gasteiger partial charge in [0.2, 0.25) is 6.20 Å². The van der Waals surface area contributed by atoms with Crippen molar-refractivity contribution >= 4 is 29.6 Å². The van der Waals surface area contributed by atoms with Gasteiger partial charge < -0.3 is 15.8 Å². The number of aromatic nitrogens is 5. The first-order chi connectivity index (χ1) is 22.7. The lowest BCUT2D eigenvalue weighted by Gasteiger charge is -2.35. The number of benzene rings is 2. The lowest BCUT2D eigenvalue weighted by atomic mass is 9.75. The van der Waals surface area contributed by atoms with Crippen LogP contribution >= 0.6 is 11.6 Å². The number of carbonyl (C=O) groups excluding carboxylic acids is 2. The fourth-order valence-electron chi connectivity index (χ4n) is 5.99. The standard InChI is InChI=1S/C33H36ClF2N9O3/c1-31(2,3)17-33(22-8-5-19(6-9-22)21-14-40-44(15-21)28(35)36)27(46)45(29(37)41-33)25(16-48-30(47)42-32(4)11-12-32)20-7-10-24(34)23(13-20)26-38-18-39-43-26/h5-10,13-15,18,25,28H,11-12,16-17H2,1-4H3,(H4,37,38,39,41,42,43,47)/p+1/t25-,33-/m1/s1. The second-order valence-electron chi connectivity index (χ2n) is 13.7. The molecule has 0 unspecified atom stereocenters. The summed E-state index contributed by atoms with van der Waals surface area (Å²) < 4.78 is 32.8. The highest BCUT2D eigenvalue weighted by atomic mass is 35.5. The van der Waals surface area contributed by atoms with Gasteiger partial charge in [0.25, 0.3) is 5.91 Å². The van der Waals surface area contributed by atoms with E-state index in [1.165, 1.54) is 23.6 Å². The number of halogens is 3. The Labute approximate surface area is 280 Å². The van der Waals surface area contributed by atoms with E-state index in [2.05, 4.69) is 25.6 Å². The molecule has 2 atom stereocenters. The summed E-state index contributed by atoms with van der Waals surface area (Å²) in [5.41, 5.74) is 7.41. The van der Waals surface area contributed by atoms with Gasteiger partial charge in [0.15, 0.2) is 17.3 Å². The summed E-state index contributed by atoms with van der Waals surface area (Å²) in [7, 11) is 0. The van der Waals surface area contributed by atoms with Gasteiger partial charge in [0.1, 0.15) is 12.9 Å². The van der Waals surface area contributed by atoms with E-state index in [1.54, 1.807) is 42.5 Å². The van der Waals surface area contributed by atoms with Crippen molar-refractivity contribution in [3.8, 4) is 22.5 Å². The molecule has 0 spiro atoms. The van der Waals surface area contributed by atoms with Gasteiger partial charge in [0, 0.05) is 11.1 Å². The molecular formula is C33H37ClF2N9O3+. The highest BCUT2D eigenvalue weighted by molar-refractivity contribution is 6.33. The van der Waals surface area contributed by atoms with Crippen LogP contribution in [0.1, 0.15) is 70.7 Å². The number of aromatic amines is 2. The van der Waals surface area contributed by atoms with Crippen LogP contribution in [0.15, 0.2) is 66.2 Å². The van der Waals surface area contributed by atoms with Gasteiger partial charge in [0.05, 0.1) is 22.8 Å². The molecule has 0 bridgehead atoms. The fraction of sp³-hybridized carbons (Fsp3) is 0.394. The number of aliphatic imine (C=N–C) groups is 1. The number of nitrogens with two attached hydrogens (primary N) is 1. The summed E-state index contributed by atoms with van der Waals surface area (Å²) in [5.74, 6) is -0.0329. The first kappa shape index (κ1) is 33.1.